The van der Waals surface area contributed by atoms with Crippen LogP contribution in [-0.4, -0.2) is 47.3 Å². The maximum absolute atomic E-state index is 12.6. The molecule has 0 bridgehead atoms. The van der Waals surface area contributed by atoms with Gasteiger partial charge in [0.2, 0.25) is 0 Å². The van der Waals surface area contributed by atoms with Gasteiger partial charge in [0.05, 0.1) is 5.52 Å². The van der Waals surface area contributed by atoms with E-state index in [2.05, 4.69) is 41.2 Å². The van der Waals surface area contributed by atoms with Crippen LogP contribution in [0.1, 0.15) is 102 Å². The molecule has 1 fully saturated rings. The Hall–Kier alpha value is -3.05. The van der Waals surface area contributed by atoms with E-state index < -0.39 is 0 Å². The maximum Gasteiger partial charge on any atom is 0.252 e. The number of nitrogens with zero attached hydrogens (tertiary/aromatic N) is 2. The largest absolute Gasteiger partial charge is 0.349 e. The Morgan fingerprint density at radius 2 is 1.67 bits per heavy atom. The third kappa shape index (κ3) is 7.54. The Morgan fingerprint density at radius 1 is 0.923 bits per heavy atom. The number of hydrogen-bond donors (Lipinski definition) is 1. The lowest BCUT2D eigenvalue weighted by atomic mass is 9.95. The molecule has 0 radical (unpaired) electrons. The van der Waals surface area contributed by atoms with Crippen LogP contribution in [-0.2, 0) is 12.8 Å². The van der Waals surface area contributed by atoms with Crippen molar-refractivity contribution in [1.82, 2.24) is 15.2 Å². The van der Waals surface area contributed by atoms with Gasteiger partial charge in [-0.15, -0.1) is 0 Å². The first-order valence-corrected chi connectivity index (χ1v) is 14.9. The predicted octanol–water partition coefficient (Wildman–Crippen LogP) is 7.00. The summed E-state index contributed by atoms with van der Waals surface area (Å²) in [4.78, 5) is 31.6. The Balaban J connectivity index is 0.000000183. The molecule has 0 saturated heterocycles. The van der Waals surface area contributed by atoms with Gasteiger partial charge in [0.15, 0.2) is 5.78 Å². The first-order chi connectivity index (χ1) is 18.9. The van der Waals surface area contributed by atoms with Gasteiger partial charge in [-0.1, -0.05) is 57.4 Å². The van der Waals surface area contributed by atoms with Crippen molar-refractivity contribution < 1.29 is 9.59 Å². The molecular weight excluding hydrogens is 482 g/mol. The van der Waals surface area contributed by atoms with Crippen molar-refractivity contribution in [1.29, 1.82) is 0 Å². The highest BCUT2D eigenvalue weighted by Crippen LogP contribution is 2.23. The number of fused-ring (bicyclic) bond motifs is 2. The molecule has 208 valence electrons. The summed E-state index contributed by atoms with van der Waals surface area (Å²) < 4.78 is 0. The zero-order chi connectivity index (χ0) is 27.8. The van der Waals surface area contributed by atoms with Gasteiger partial charge < -0.3 is 10.2 Å². The molecular formula is C34H45N3O2. The van der Waals surface area contributed by atoms with Crippen LogP contribution in [0.2, 0.25) is 0 Å². The fourth-order valence-electron chi connectivity index (χ4n) is 5.79. The molecule has 39 heavy (non-hydrogen) atoms. The van der Waals surface area contributed by atoms with Crippen LogP contribution < -0.4 is 5.32 Å². The van der Waals surface area contributed by atoms with E-state index in [1.807, 2.05) is 44.2 Å². The second-order valence-corrected chi connectivity index (χ2v) is 11.2. The van der Waals surface area contributed by atoms with Gasteiger partial charge in [0, 0.05) is 47.8 Å². The molecule has 1 aliphatic carbocycles. The van der Waals surface area contributed by atoms with Crippen molar-refractivity contribution >= 4 is 22.6 Å². The zero-order valence-electron chi connectivity index (χ0n) is 24.3. The smallest absolute Gasteiger partial charge is 0.252 e. The van der Waals surface area contributed by atoms with Gasteiger partial charge in [-0.05, 0) is 87.4 Å². The number of likely N-dealkylation sites (N-methyl/N-ethyl adjacent to an activating group) is 1. The van der Waals surface area contributed by atoms with Gasteiger partial charge in [0.25, 0.3) is 5.91 Å². The number of hydrogen-bond acceptors (Lipinski definition) is 4. The van der Waals surface area contributed by atoms with Crippen LogP contribution in [0.15, 0.2) is 42.5 Å². The number of pyridine rings is 1. The van der Waals surface area contributed by atoms with Crippen LogP contribution in [0.5, 0.6) is 0 Å². The molecule has 2 heterocycles. The molecule has 5 nitrogen and oxygen atoms in total. The molecule has 0 spiro atoms. The van der Waals surface area contributed by atoms with Crippen LogP contribution >= 0.6 is 0 Å². The van der Waals surface area contributed by atoms with Crippen LogP contribution in [0.25, 0.3) is 10.9 Å². The van der Waals surface area contributed by atoms with E-state index >= 15 is 0 Å². The van der Waals surface area contributed by atoms with E-state index in [0.717, 1.165) is 85.0 Å². The van der Waals surface area contributed by atoms with E-state index in [-0.39, 0.29) is 11.7 Å². The quantitative estimate of drug-likeness (QED) is 0.351. The Bertz CT molecular complexity index is 1290. The van der Waals surface area contributed by atoms with Crippen molar-refractivity contribution in [2.24, 2.45) is 0 Å². The number of aryl methyl sites for hydroxylation is 2. The van der Waals surface area contributed by atoms with Gasteiger partial charge >= 0.3 is 0 Å². The van der Waals surface area contributed by atoms with Gasteiger partial charge in [0.1, 0.15) is 0 Å². The lowest BCUT2D eigenvalue weighted by Crippen LogP contribution is -2.36. The number of Topliss-reactive ketones (excluding diaryl/α,β-unsaturated/α-hetero) is 1. The molecule has 3 aromatic rings. The first-order valence-electron chi connectivity index (χ1n) is 14.9. The molecule has 2 aliphatic rings. The number of nitrogens with one attached hydrogen (secondary N) is 1. The fraction of sp³-hybridized carbons (Fsp3) is 0.500. The SMILES string of the molecule is CCCC(=O)c1ccc2c(c1)CCN(CC)CC2.Cc1ccc2c(C(=O)NC3CCCCC3)ccc(C)c2n1. The molecule has 0 atom stereocenters. The molecule has 5 rings (SSSR count). The minimum absolute atomic E-state index is 0.0394. The standard InChI is InChI=1S/C18H22N2O.C16H23NO/c1-12-8-10-16(15-11-9-13(2)19-17(12)15)18(21)20-14-6-4-3-5-7-14;1-3-5-16(18)15-7-6-13-8-10-17(4-2)11-9-14(13)12-15/h8-11,14H,3-7H2,1-2H3,(H,20,21);6-7,12H,3-5,8-11H2,1-2H3. The third-order valence-corrected chi connectivity index (χ3v) is 8.23. The minimum Gasteiger partial charge on any atom is -0.349 e. The lowest BCUT2D eigenvalue weighted by Gasteiger charge is -2.23. The summed E-state index contributed by atoms with van der Waals surface area (Å²) >= 11 is 0. The Labute approximate surface area is 234 Å². The molecule has 0 unspecified atom stereocenters. The molecule has 2 aromatic carbocycles. The average Bonchev–Trinajstić information content (AvgIpc) is 3.16. The van der Waals surface area contributed by atoms with Crippen LogP contribution in [0.4, 0.5) is 0 Å². The Kier molecular flexibility index (Phi) is 10.3. The summed E-state index contributed by atoms with van der Waals surface area (Å²) in [6.45, 7) is 11.7. The van der Waals surface area contributed by atoms with Crippen molar-refractivity contribution in [2.75, 3.05) is 19.6 Å². The number of rotatable bonds is 6. The highest BCUT2D eigenvalue weighted by Gasteiger charge is 2.19. The zero-order valence-corrected chi connectivity index (χ0v) is 24.3. The molecule has 1 aromatic heterocycles. The monoisotopic (exact) mass is 527 g/mol. The second kappa shape index (κ2) is 13.8. The molecule has 1 N–H and O–H groups in total. The maximum atomic E-state index is 12.6. The lowest BCUT2D eigenvalue weighted by molar-refractivity contribution is 0.0928. The van der Waals surface area contributed by atoms with Crippen LogP contribution in [0, 0.1) is 13.8 Å². The highest BCUT2D eigenvalue weighted by molar-refractivity contribution is 6.07. The highest BCUT2D eigenvalue weighted by atomic mass is 16.1. The second-order valence-electron chi connectivity index (χ2n) is 11.2. The summed E-state index contributed by atoms with van der Waals surface area (Å²) in [6.07, 6.45) is 9.74. The van der Waals surface area contributed by atoms with Crippen molar-refractivity contribution in [3.63, 3.8) is 0 Å². The molecule has 1 amide bonds. The minimum atomic E-state index is 0.0394. The number of amides is 1. The van der Waals surface area contributed by atoms with E-state index in [4.69, 9.17) is 0 Å². The summed E-state index contributed by atoms with van der Waals surface area (Å²) in [5, 5.41) is 4.15. The van der Waals surface area contributed by atoms with E-state index in [9.17, 15) is 9.59 Å². The summed E-state index contributed by atoms with van der Waals surface area (Å²) in [5.41, 5.74) is 7.49. The summed E-state index contributed by atoms with van der Waals surface area (Å²) in [5.74, 6) is 0.328. The van der Waals surface area contributed by atoms with Crippen molar-refractivity contribution in [2.45, 2.75) is 91.5 Å². The fourth-order valence-corrected chi connectivity index (χ4v) is 5.79. The molecule has 5 heteroatoms. The average molecular weight is 528 g/mol. The summed E-state index contributed by atoms with van der Waals surface area (Å²) in [6, 6.07) is 14.5. The Morgan fingerprint density at radius 3 is 2.38 bits per heavy atom. The summed E-state index contributed by atoms with van der Waals surface area (Å²) in [7, 11) is 0. The van der Waals surface area contributed by atoms with Crippen molar-refractivity contribution in [3.05, 3.63) is 76.0 Å². The predicted molar refractivity (Wildman–Crippen MR) is 161 cm³/mol. The van der Waals surface area contributed by atoms with E-state index in [1.165, 1.54) is 30.4 Å². The third-order valence-electron chi connectivity index (χ3n) is 8.23. The first kappa shape index (κ1) is 28.9. The molecule has 1 aliphatic heterocycles. The number of aromatic nitrogens is 1. The molecule has 1 saturated carbocycles. The van der Waals surface area contributed by atoms with Gasteiger partial charge in [-0.3, -0.25) is 14.6 Å². The number of carbonyl (C=O) groups is 2. The van der Waals surface area contributed by atoms with Gasteiger partial charge in [-0.25, -0.2) is 0 Å². The number of ketones is 1. The van der Waals surface area contributed by atoms with E-state index in [0.29, 0.717) is 12.5 Å². The van der Waals surface area contributed by atoms with Gasteiger partial charge in [-0.2, -0.15) is 0 Å². The topological polar surface area (TPSA) is 62.3 Å². The van der Waals surface area contributed by atoms with Crippen molar-refractivity contribution in [3.8, 4) is 0 Å². The normalized spacial score (nSPS) is 16.1. The number of benzene rings is 2. The van der Waals surface area contributed by atoms with Crippen LogP contribution in [0.3, 0.4) is 0 Å². The number of carbonyl (C=O) groups excluding carboxylic acids is 2. The van der Waals surface area contributed by atoms with E-state index in [1.54, 1.807) is 0 Å².